The third-order valence-electron chi connectivity index (χ3n) is 5.51. The van der Waals surface area contributed by atoms with Crippen LogP contribution in [0.2, 0.25) is 0 Å². The molecule has 0 saturated carbocycles. The summed E-state index contributed by atoms with van der Waals surface area (Å²) in [7, 11) is 3.52. The maximum Gasteiger partial charge on any atom is 0.185 e. The molecule has 0 bridgehead atoms. The molecular formula is C22H30F2N6O. The topological polar surface area (TPSA) is 101 Å². The number of rotatable bonds is 6. The minimum atomic E-state index is -1.08. The van der Waals surface area contributed by atoms with E-state index in [1.54, 1.807) is 0 Å². The predicted molar refractivity (Wildman–Crippen MR) is 120 cm³/mol. The summed E-state index contributed by atoms with van der Waals surface area (Å²) in [6.45, 7) is 2.91. The van der Waals surface area contributed by atoms with Crippen LogP contribution in [0.5, 0.6) is 0 Å². The second-order valence-electron chi connectivity index (χ2n) is 7.74. The van der Waals surface area contributed by atoms with Crippen molar-refractivity contribution >= 4 is 23.3 Å². The standard InChI is InChI=1S/C22H30F2N6O/c1-27-12-14(11-25)16-3-4-19(21(24)20(16)23)29-22(26)17-13-30(2)8-5-18(17)28-15-6-9-31-10-7-15/h3-4,11-12,15,28H,5-10,13,25H2,1-2H3,(H2,26,29). The van der Waals surface area contributed by atoms with Gasteiger partial charge in [-0.15, -0.1) is 0 Å². The average Bonchev–Trinajstić information content (AvgIpc) is 2.77. The van der Waals surface area contributed by atoms with Crippen molar-refractivity contribution in [3.63, 3.8) is 0 Å². The van der Waals surface area contributed by atoms with Crippen molar-refractivity contribution in [1.29, 1.82) is 0 Å². The van der Waals surface area contributed by atoms with E-state index >= 15 is 0 Å². The van der Waals surface area contributed by atoms with Crippen LogP contribution >= 0.6 is 0 Å². The first-order valence-electron chi connectivity index (χ1n) is 10.4. The zero-order chi connectivity index (χ0) is 22.4. The number of nitrogens with two attached hydrogens (primary N) is 2. The van der Waals surface area contributed by atoms with Crippen LogP contribution < -0.4 is 16.8 Å². The van der Waals surface area contributed by atoms with Gasteiger partial charge >= 0.3 is 0 Å². The summed E-state index contributed by atoms with van der Waals surface area (Å²) in [5.74, 6) is -1.94. The molecule has 1 fully saturated rings. The molecule has 1 aromatic carbocycles. The number of allylic oxidation sites excluding steroid dienone is 1. The lowest BCUT2D eigenvalue weighted by atomic mass is 10.0. The van der Waals surface area contributed by atoms with E-state index in [0.29, 0.717) is 12.6 Å². The third kappa shape index (κ3) is 5.48. The molecule has 31 heavy (non-hydrogen) atoms. The second kappa shape index (κ2) is 10.5. The van der Waals surface area contributed by atoms with Crippen LogP contribution in [0.25, 0.3) is 5.57 Å². The molecule has 2 aliphatic rings. The van der Waals surface area contributed by atoms with Gasteiger partial charge in [0.05, 0.1) is 0 Å². The Balaban J connectivity index is 1.92. The molecule has 0 spiro atoms. The van der Waals surface area contributed by atoms with Gasteiger partial charge in [-0.2, -0.15) is 0 Å². The smallest absolute Gasteiger partial charge is 0.185 e. The monoisotopic (exact) mass is 432 g/mol. The Morgan fingerprint density at radius 3 is 2.68 bits per heavy atom. The highest BCUT2D eigenvalue weighted by molar-refractivity contribution is 6.09. The number of halogens is 2. The van der Waals surface area contributed by atoms with Crippen molar-refractivity contribution < 1.29 is 13.5 Å². The summed E-state index contributed by atoms with van der Waals surface area (Å²) in [5, 5.41) is 3.58. The zero-order valence-electron chi connectivity index (χ0n) is 18.0. The van der Waals surface area contributed by atoms with Crippen LogP contribution in [0.15, 0.2) is 39.6 Å². The van der Waals surface area contributed by atoms with Crippen molar-refractivity contribution in [2.45, 2.75) is 25.3 Å². The average molecular weight is 433 g/mol. The number of aliphatic imine (C=N–C) groups is 2. The highest BCUT2D eigenvalue weighted by Crippen LogP contribution is 2.28. The molecule has 5 N–H and O–H groups in total. The van der Waals surface area contributed by atoms with Gasteiger partial charge in [0.1, 0.15) is 11.5 Å². The van der Waals surface area contributed by atoms with Crippen LogP contribution in [0, 0.1) is 11.6 Å². The maximum absolute atomic E-state index is 14.8. The first-order valence-corrected chi connectivity index (χ1v) is 10.4. The fraction of sp³-hybridized carbons (Fsp3) is 0.455. The molecule has 0 amide bonds. The van der Waals surface area contributed by atoms with Gasteiger partial charge in [-0.1, -0.05) is 0 Å². The van der Waals surface area contributed by atoms with E-state index in [1.807, 2.05) is 7.05 Å². The van der Waals surface area contributed by atoms with Gasteiger partial charge in [-0.3, -0.25) is 4.99 Å². The molecule has 0 unspecified atom stereocenters. The lowest BCUT2D eigenvalue weighted by Gasteiger charge is -2.32. The van der Waals surface area contributed by atoms with E-state index in [9.17, 15) is 8.78 Å². The van der Waals surface area contributed by atoms with Gasteiger partial charge in [0, 0.05) is 80.6 Å². The van der Waals surface area contributed by atoms with E-state index in [4.69, 9.17) is 16.2 Å². The molecule has 1 saturated heterocycles. The van der Waals surface area contributed by atoms with Gasteiger partial charge in [-0.25, -0.2) is 13.8 Å². The molecule has 1 aromatic rings. The second-order valence-corrected chi connectivity index (χ2v) is 7.74. The molecule has 3 rings (SSSR count). The Kier molecular flexibility index (Phi) is 7.75. The SMILES string of the molecule is CN=CC(=CN)c1ccc(N=C(N)C2=C(NC3CCOCC3)CCN(C)C2)c(F)c1F. The van der Waals surface area contributed by atoms with E-state index in [0.717, 1.165) is 50.3 Å². The van der Waals surface area contributed by atoms with Crippen LogP contribution in [-0.2, 0) is 4.74 Å². The minimum absolute atomic E-state index is 0.0154. The molecule has 7 nitrogen and oxygen atoms in total. The Bertz CT molecular complexity index is 919. The Morgan fingerprint density at radius 2 is 2.00 bits per heavy atom. The molecule has 0 radical (unpaired) electrons. The molecule has 0 atom stereocenters. The number of nitrogens with one attached hydrogen (secondary N) is 1. The maximum atomic E-state index is 14.8. The number of hydrogen-bond acceptors (Lipinski definition) is 6. The van der Waals surface area contributed by atoms with Crippen LogP contribution in [0.4, 0.5) is 14.5 Å². The van der Waals surface area contributed by atoms with Gasteiger partial charge in [-0.05, 0) is 32.0 Å². The number of nitrogens with zero attached hydrogens (tertiary/aromatic N) is 3. The number of amidine groups is 1. The largest absolute Gasteiger partial charge is 0.404 e. The fourth-order valence-electron chi connectivity index (χ4n) is 3.77. The molecule has 0 aromatic heterocycles. The van der Waals surface area contributed by atoms with E-state index in [2.05, 4.69) is 20.2 Å². The highest BCUT2D eigenvalue weighted by atomic mass is 19.2. The van der Waals surface area contributed by atoms with Crippen LogP contribution in [-0.4, -0.2) is 63.4 Å². The summed E-state index contributed by atoms with van der Waals surface area (Å²) in [4.78, 5) is 10.2. The molecule has 0 aliphatic carbocycles. The Labute approximate surface area is 181 Å². The van der Waals surface area contributed by atoms with Crippen molar-refractivity contribution in [3.8, 4) is 0 Å². The molecule has 2 aliphatic heterocycles. The Morgan fingerprint density at radius 1 is 1.26 bits per heavy atom. The van der Waals surface area contributed by atoms with Gasteiger partial charge in [0.2, 0.25) is 0 Å². The van der Waals surface area contributed by atoms with Crippen LogP contribution in [0.3, 0.4) is 0 Å². The number of benzene rings is 1. The fourth-order valence-corrected chi connectivity index (χ4v) is 3.77. The normalized spacial score (nSPS) is 20.0. The molecule has 9 heteroatoms. The van der Waals surface area contributed by atoms with Crippen molar-refractivity contribution in [3.05, 3.63) is 46.8 Å². The number of likely N-dealkylation sites (N-methyl/N-ethyl adjacent to an activating group) is 1. The van der Waals surface area contributed by atoms with Gasteiger partial charge in [0.25, 0.3) is 0 Å². The summed E-state index contributed by atoms with van der Waals surface area (Å²) in [6, 6.07) is 3.13. The minimum Gasteiger partial charge on any atom is -0.404 e. The predicted octanol–water partition coefficient (Wildman–Crippen LogP) is 2.31. The van der Waals surface area contributed by atoms with Crippen molar-refractivity contribution in [2.24, 2.45) is 21.5 Å². The number of ether oxygens (including phenoxy) is 1. The zero-order valence-corrected chi connectivity index (χ0v) is 18.0. The highest BCUT2D eigenvalue weighted by Gasteiger charge is 2.23. The molecular weight excluding hydrogens is 402 g/mol. The first-order chi connectivity index (χ1) is 14.9. The van der Waals surface area contributed by atoms with E-state index in [1.165, 1.54) is 31.6 Å². The third-order valence-corrected chi connectivity index (χ3v) is 5.51. The molecule has 168 valence electrons. The van der Waals surface area contributed by atoms with Gasteiger partial charge < -0.3 is 26.4 Å². The summed E-state index contributed by atoms with van der Waals surface area (Å²) in [6.07, 6.45) is 5.17. The van der Waals surface area contributed by atoms with Crippen molar-refractivity contribution in [2.75, 3.05) is 40.4 Å². The van der Waals surface area contributed by atoms with Gasteiger partial charge in [0.15, 0.2) is 11.6 Å². The van der Waals surface area contributed by atoms with E-state index < -0.39 is 11.6 Å². The van der Waals surface area contributed by atoms with E-state index in [-0.39, 0.29) is 22.7 Å². The summed E-state index contributed by atoms with van der Waals surface area (Å²) in [5.41, 5.74) is 13.8. The number of hydrogen-bond donors (Lipinski definition) is 3. The lowest BCUT2D eigenvalue weighted by molar-refractivity contribution is 0.0798. The Hall–Kier alpha value is -2.78. The van der Waals surface area contributed by atoms with Crippen molar-refractivity contribution in [1.82, 2.24) is 10.2 Å². The van der Waals surface area contributed by atoms with Crippen LogP contribution in [0.1, 0.15) is 24.8 Å². The quantitative estimate of drug-likeness (QED) is 0.473. The first kappa shape index (κ1) is 22.9. The lowest BCUT2D eigenvalue weighted by Crippen LogP contribution is -2.41. The molecule has 2 heterocycles. The summed E-state index contributed by atoms with van der Waals surface area (Å²) < 4.78 is 34.9. The summed E-state index contributed by atoms with van der Waals surface area (Å²) >= 11 is 0.